The molecule has 0 bridgehead atoms. The van der Waals surface area contributed by atoms with Crippen molar-refractivity contribution >= 4 is 39.8 Å². The van der Waals surface area contributed by atoms with E-state index in [1.54, 1.807) is 43.5 Å². The lowest BCUT2D eigenvalue weighted by atomic mass is 10.2. The van der Waals surface area contributed by atoms with Gasteiger partial charge in [0.2, 0.25) is 0 Å². The second-order valence-electron chi connectivity index (χ2n) is 4.28. The summed E-state index contributed by atoms with van der Waals surface area (Å²) >= 11 is 7.28. The maximum absolute atomic E-state index is 12.2. The van der Waals surface area contributed by atoms with Gasteiger partial charge in [0.25, 0.3) is 5.91 Å². The standard InChI is InChI=1S/C15H14ClNO3S/c1-3-20-15(19)12-9(2)8-21-14(12)17-13(18)10-6-4-5-7-11(10)16/h4-8H,3H2,1-2H3,(H,17,18). The lowest BCUT2D eigenvalue weighted by Crippen LogP contribution is -2.15. The first-order chi connectivity index (χ1) is 10.0. The second-order valence-corrected chi connectivity index (χ2v) is 5.56. The van der Waals surface area contributed by atoms with Crippen LogP contribution in [0.2, 0.25) is 5.02 Å². The highest BCUT2D eigenvalue weighted by atomic mass is 35.5. The minimum atomic E-state index is -0.439. The van der Waals surface area contributed by atoms with Crippen LogP contribution >= 0.6 is 22.9 Å². The average molecular weight is 324 g/mol. The molecule has 1 aromatic carbocycles. The molecule has 0 saturated heterocycles. The molecule has 0 unspecified atom stereocenters. The smallest absolute Gasteiger partial charge is 0.341 e. The highest BCUT2D eigenvalue weighted by Crippen LogP contribution is 2.29. The number of hydrogen-bond donors (Lipinski definition) is 1. The normalized spacial score (nSPS) is 10.2. The molecule has 21 heavy (non-hydrogen) atoms. The molecule has 6 heteroatoms. The molecule has 0 aliphatic carbocycles. The predicted molar refractivity (Wildman–Crippen MR) is 84.4 cm³/mol. The van der Waals surface area contributed by atoms with Crippen LogP contribution in [0.4, 0.5) is 5.00 Å². The summed E-state index contributed by atoms with van der Waals surface area (Å²) < 4.78 is 5.01. The highest BCUT2D eigenvalue weighted by molar-refractivity contribution is 7.15. The topological polar surface area (TPSA) is 55.4 Å². The van der Waals surface area contributed by atoms with Gasteiger partial charge in [0.15, 0.2) is 0 Å². The van der Waals surface area contributed by atoms with E-state index in [0.29, 0.717) is 21.2 Å². The molecule has 0 aliphatic rings. The van der Waals surface area contributed by atoms with Crippen LogP contribution in [0, 0.1) is 6.92 Å². The molecule has 1 aromatic heterocycles. The van der Waals surface area contributed by atoms with Crippen LogP contribution in [0.15, 0.2) is 29.6 Å². The number of halogens is 1. The molecule has 0 spiro atoms. The van der Waals surface area contributed by atoms with Crippen molar-refractivity contribution in [1.82, 2.24) is 0 Å². The number of benzene rings is 1. The van der Waals surface area contributed by atoms with Crippen LogP contribution in [0.5, 0.6) is 0 Å². The van der Waals surface area contributed by atoms with Crippen LogP contribution in [0.3, 0.4) is 0 Å². The van der Waals surface area contributed by atoms with E-state index in [0.717, 1.165) is 5.56 Å². The van der Waals surface area contributed by atoms with Crippen LogP contribution in [0.25, 0.3) is 0 Å². The van der Waals surface area contributed by atoms with Gasteiger partial charge in [0.05, 0.1) is 22.8 Å². The summed E-state index contributed by atoms with van der Waals surface area (Å²) in [5, 5.41) is 5.35. The van der Waals surface area contributed by atoms with Gasteiger partial charge in [-0.1, -0.05) is 23.7 Å². The van der Waals surface area contributed by atoms with Crippen molar-refractivity contribution in [3.63, 3.8) is 0 Å². The number of nitrogens with one attached hydrogen (secondary N) is 1. The van der Waals surface area contributed by atoms with Gasteiger partial charge in [-0.2, -0.15) is 0 Å². The van der Waals surface area contributed by atoms with Crippen molar-refractivity contribution in [3.05, 3.63) is 51.4 Å². The van der Waals surface area contributed by atoms with Crippen LogP contribution < -0.4 is 5.32 Å². The van der Waals surface area contributed by atoms with Gasteiger partial charge in [0, 0.05) is 0 Å². The number of carbonyl (C=O) groups is 2. The molecule has 1 heterocycles. The molecule has 2 aromatic rings. The number of thiophene rings is 1. The Bertz CT molecular complexity index is 681. The van der Waals surface area contributed by atoms with E-state index in [2.05, 4.69) is 5.32 Å². The van der Waals surface area contributed by atoms with E-state index >= 15 is 0 Å². The molecule has 0 atom stereocenters. The molecule has 110 valence electrons. The summed E-state index contributed by atoms with van der Waals surface area (Å²) in [5.74, 6) is -0.793. The minimum Gasteiger partial charge on any atom is -0.462 e. The van der Waals surface area contributed by atoms with E-state index in [-0.39, 0.29) is 12.5 Å². The summed E-state index contributed by atoms with van der Waals surface area (Å²) in [6.45, 7) is 3.82. The van der Waals surface area contributed by atoms with Crippen molar-refractivity contribution < 1.29 is 14.3 Å². The fourth-order valence-corrected chi connectivity index (χ4v) is 2.96. The van der Waals surface area contributed by atoms with E-state index in [1.165, 1.54) is 11.3 Å². The average Bonchev–Trinajstić information content (AvgIpc) is 2.80. The number of ether oxygens (including phenoxy) is 1. The highest BCUT2D eigenvalue weighted by Gasteiger charge is 2.20. The summed E-state index contributed by atoms with van der Waals surface area (Å²) in [5.41, 5.74) is 1.52. The minimum absolute atomic E-state index is 0.284. The summed E-state index contributed by atoms with van der Waals surface area (Å²) in [4.78, 5) is 24.2. The van der Waals surface area contributed by atoms with E-state index < -0.39 is 5.97 Å². The Hall–Kier alpha value is -1.85. The Morgan fingerprint density at radius 1 is 1.33 bits per heavy atom. The first-order valence-corrected chi connectivity index (χ1v) is 7.61. The fraction of sp³-hybridized carbons (Fsp3) is 0.200. The van der Waals surface area contributed by atoms with Crippen molar-refractivity contribution in [1.29, 1.82) is 0 Å². The summed E-state index contributed by atoms with van der Waals surface area (Å²) in [6, 6.07) is 6.75. The van der Waals surface area contributed by atoms with Gasteiger partial charge in [0.1, 0.15) is 5.00 Å². The van der Waals surface area contributed by atoms with Gasteiger partial charge in [-0.15, -0.1) is 11.3 Å². The van der Waals surface area contributed by atoms with Gasteiger partial charge in [-0.05, 0) is 36.9 Å². The summed E-state index contributed by atoms with van der Waals surface area (Å²) in [7, 11) is 0. The zero-order valence-corrected chi connectivity index (χ0v) is 13.2. The molecule has 0 saturated carbocycles. The van der Waals surface area contributed by atoms with Gasteiger partial charge in [-0.3, -0.25) is 4.79 Å². The predicted octanol–water partition coefficient (Wildman–Crippen LogP) is 4.14. The third kappa shape index (κ3) is 3.43. The molecule has 2 rings (SSSR count). The Labute approximate surface area is 131 Å². The Morgan fingerprint density at radius 2 is 2.05 bits per heavy atom. The maximum Gasteiger partial charge on any atom is 0.341 e. The number of esters is 1. The van der Waals surface area contributed by atoms with Crippen LogP contribution in [0.1, 0.15) is 33.2 Å². The van der Waals surface area contributed by atoms with Crippen LogP contribution in [-0.2, 0) is 4.74 Å². The Balaban J connectivity index is 2.27. The molecule has 1 amide bonds. The number of rotatable bonds is 4. The third-order valence-corrected chi connectivity index (χ3v) is 4.14. The molecule has 4 nitrogen and oxygen atoms in total. The zero-order valence-electron chi connectivity index (χ0n) is 11.6. The fourth-order valence-electron chi connectivity index (χ4n) is 1.81. The SMILES string of the molecule is CCOC(=O)c1c(C)csc1NC(=O)c1ccccc1Cl. The maximum atomic E-state index is 12.2. The first kappa shape index (κ1) is 15.5. The molecular formula is C15H14ClNO3S. The Morgan fingerprint density at radius 3 is 2.71 bits per heavy atom. The van der Waals surface area contributed by atoms with Crippen molar-refractivity contribution in [2.24, 2.45) is 0 Å². The Kier molecular flexibility index (Phi) is 4.98. The van der Waals surface area contributed by atoms with Crippen molar-refractivity contribution in [2.75, 3.05) is 11.9 Å². The lowest BCUT2D eigenvalue weighted by Gasteiger charge is -2.08. The van der Waals surface area contributed by atoms with Crippen molar-refractivity contribution in [2.45, 2.75) is 13.8 Å². The third-order valence-electron chi connectivity index (χ3n) is 2.80. The van der Waals surface area contributed by atoms with E-state index in [1.807, 2.05) is 0 Å². The molecule has 1 N–H and O–H groups in total. The van der Waals surface area contributed by atoms with Crippen molar-refractivity contribution in [3.8, 4) is 0 Å². The lowest BCUT2D eigenvalue weighted by molar-refractivity contribution is 0.0527. The van der Waals surface area contributed by atoms with Crippen LogP contribution in [-0.4, -0.2) is 18.5 Å². The molecule has 0 fully saturated rings. The largest absolute Gasteiger partial charge is 0.462 e. The first-order valence-electron chi connectivity index (χ1n) is 6.35. The monoisotopic (exact) mass is 323 g/mol. The van der Waals surface area contributed by atoms with Gasteiger partial charge < -0.3 is 10.1 Å². The van der Waals surface area contributed by atoms with E-state index in [9.17, 15) is 9.59 Å². The van der Waals surface area contributed by atoms with Gasteiger partial charge in [-0.25, -0.2) is 4.79 Å². The number of amides is 1. The zero-order chi connectivity index (χ0) is 15.4. The number of aryl methyl sites for hydroxylation is 1. The molecule has 0 aliphatic heterocycles. The quantitative estimate of drug-likeness (QED) is 0.860. The number of anilines is 1. The summed E-state index contributed by atoms with van der Waals surface area (Å²) in [6.07, 6.45) is 0. The number of hydrogen-bond acceptors (Lipinski definition) is 4. The van der Waals surface area contributed by atoms with E-state index in [4.69, 9.17) is 16.3 Å². The molecular weight excluding hydrogens is 310 g/mol. The molecule has 0 radical (unpaired) electrons. The second kappa shape index (κ2) is 6.74. The number of carbonyl (C=O) groups excluding carboxylic acids is 2. The van der Waals surface area contributed by atoms with Gasteiger partial charge >= 0.3 is 5.97 Å².